The Morgan fingerprint density at radius 1 is 0.795 bits per heavy atom. The lowest BCUT2D eigenvalue weighted by Gasteiger charge is -2.11. The molecule has 222 valence electrons. The first kappa shape index (κ1) is 30.0. The number of carbonyl (C=O) groups is 2. The first-order valence-electron chi connectivity index (χ1n) is 14.3. The zero-order valence-corrected chi connectivity index (χ0v) is 25.4. The van der Waals surface area contributed by atoms with Gasteiger partial charge in [0.15, 0.2) is 11.5 Å². The van der Waals surface area contributed by atoms with Gasteiger partial charge < -0.3 is 14.8 Å². The van der Waals surface area contributed by atoms with Crippen molar-refractivity contribution in [2.24, 2.45) is 5.10 Å². The number of aryl methyl sites for hydroxylation is 2. The number of nitrogens with one attached hydrogen (secondary N) is 2. The van der Waals surface area contributed by atoms with Gasteiger partial charge in [0.25, 0.3) is 11.8 Å². The molecule has 4 aromatic carbocycles. The number of carbonyl (C=O) groups excluding carboxylic acids is 2. The van der Waals surface area contributed by atoms with Crippen molar-refractivity contribution in [3.05, 3.63) is 119 Å². The third kappa shape index (κ3) is 6.60. The molecule has 0 aliphatic rings. The Hall–Kier alpha value is -5.50. The van der Waals surface area contributed by atoms with E-state index in [-0.39, 0.29) is 11.8 Å². The molecule has 0 unspecified atom stereocenters. The number of methoxy groups -OCH3 is 2. The van der Waals surface area contributed by atoms with Crippen LogP contribution in [0.15, 0.2) is 96.1 Å². The third-order valence-electron chi connectivity index (χ3n) is 7.40. The molecule has 0 aliphatic carbocycles. The Balaban J connectivity index is 1.33. The minimum absolute atomic E-state index is 0.281. The molecule has 2 N–H and O–H groups in total. The van der Waals surface area contributed by atoms with Crippen LogP contribution >= 0.6 is 0 Å². The fourth-order valence-electron chi connectivity index (χ4n) is 4.82. The molecule has 0 radical (unpaired) electrons. The fraction of sp³-hybridized carbons (Fsp3) is 0.167. The second kappa shape index (κ2) is 13.2. The lowest BCUT2D eigenvalue weighted by atomic mass is 10.0. The van der Waals surface area contributed by atoms with Crippen LogP contribution in [0, 0.1) is 6.92 Å². The number of fused-ring (bicyclic) bond motifs is 1. The normalized spacial score (nSPS) is 11.2. The van der Waals surface area contributed by atoms with E-state index < -0.39 is 0 Å². The molecule has 0 saturated heterocycles. The first-order valence-corrected chi connectivity index (χ1v) is 14.3. The summed E-state index contributed by atoms with van der Waals surface area (Å²) in [6.07, 6.45) is 0.951. The van der Waals surface area contributed by atoms with Crippen LogP contribution in [-0.4, -0.2) is 36.7 Å². The average molecular weight is 587 g/mol. The predicted molar refractivity (Wildman–Crippen MR) is 175 cm³/mol. The quantitative estimate of drug-likeness (QED) is 0.141. The number of pyridine rings is 1. The van der Waals surface area contributed by atoms with Crippen LogP contribution in [-0.2, 0) is 6.42 Å². The topological polar surface area (TPSA) is 102 Å². The van der Waals surface area contributed by atoms with Gasteiger partial charge in [0.2, 0.25) is 0 Å². The zero-order chi connectivity index (χ0) is 31.2. The van der Waals surface area contributed by atoms with Crippen LogP contribution in [0.4, 0.5) is 5.69 Å². The van der Waals surface area contributed by atoms with Gasteiger partial charge in [-0.2, -0.15) is 5.10 Å². The third-order valence-corrected chi connectivity index (χ3v) is 7.40. The van der Waals surface area contributed by atoms with E-state index in [1.165, 1.54) is 12.7 Å². The highest BCUT2D eigenvalue weighted by atomic mass is 16.5. The Bertz CT molecular complexity index is 1860. The van der Waals surface area contributed by atoms with Crippen molar-refractivity contribution in [2.75, 3.05) is 19.5 Å². The molecule has 44 heavy (non-hydrogen) atoms. The maximum absolute atomic E-state index is 13.5. The minimum Gasteiger partial charge on any atom is -0.493 e. The molecule has 0 atom stereocenters. The van der Waals surface area contributed by atoms with Gasteiger partial charge in [0.05, 0.1) is 36.7 Å². The summed E-state index contributed by atoms with van der Waals surface area (Å²) < 4.78 is 10.5. The molecule has 8 heteroatoms. The van der Waals surface area contributed by atoms with Crippen molar-refractivity contribution >= 4 is 34.1 Å². The van der Waals surface area contributed by atoms with Gasteiger partial charge >= 0.3 is 0 Å². The van der Waals surface area contributed by atoms with Gasteiger partial charge in [-0.3, -0.25) is 9.59 Å². The highest BCUT2D eigenvalue weighted by molar-refractivity contribution is 6.08. The number of rotatable bonds is 9. The number of ether oxygens (including phenoxy) is 2. The standard InChI is InChI=1S/C36H34N4O4/c1-6-24-8-10-26(11-9-24)32-21-30(29-19-22(2)7-17-31(29)38-32)36(42)40-39-23(3)25-12-15-28(16-13-25)37-35(41)27-14-18-33(43-4)34(20-27)44-5/h7-21H,6H2,1-5H3,(H,37,41)(H,40,42)/b39-23-. The van der Waals surface area contributed by atoms with E-state index in [0.717, 1.165) is 39.7 Å². The van der Waals surface area contributed by atoms with Crippen molar-refractivity contribution in [1.82, 2.24) is 10.4 Å². The maximum Gasteiger partial charge on any atom is 0.272 e. The molecule has 0 fully saturated rings. The largest absolute Gasteiger partial charge is 0.493 e. The summed E-state index contributed by atoms with van der Waals surface area (Å²) in [5.74, 6) is 0.412. The number of hydrogen-bond donors (Lipinski definition) is 2. The van der Waals surface area contributed by atoms with Crippen molar-refractivity contribution in [3.8, 4) is 22.8 Å². The number of amides is 2. The highest BCUT2D eigenvalue weighted by Crippen LogP contribution is 2.28. The van der Waals surface area contributed by atoms with Gasteiger partial charge in [0.1, 0.15) is 0 Å². The lowest BCUT2D eigenvalue weighted by molar-refractivity contribution is 0.0955. The smallest absolute Gasteiger partial charge is 0.272 e. The zero-order valence-electron chi connectivity index (χ0n) is 25.4. The SMILES string of the molecule is CCc1ccc(-c2cc(C(=O)N/N=C(/C)c3ccc(NC(=O)c4ccc(OC)c(OC)c4)cc3)c3cc(C)ccc3n2)cc1. The Kier molecular flexibility index (Phi) is 9.00. The summed E-state index contributed by atoms with van der Waals surface area (Å²) in [7, 11) is 3.06. The van der Waals surface area contributed by atoms with E-state index in [1.54, 1.807) is 37.4 Å². The first-order chi connectivity index (χ1) is 21.3. The Morgan fingerprint density at radius 2 is 1.50 bits per heavy atom. The van der Waals surface area contributed by atoms with E-state index in [4.69, 9.17) is 14.5 Å². The average Bonchev–Trinajstić information content (AvgIpc) is 3.06. The number of anilines is 1. The predicted octanol–water partition coefficient (Wildman–Crippen LogP) is 7.20. The molecule has 0 spiro atoms. The second-order valence-electron chi connectivity index (χ2n) is 10.4. The lowest BCUT2D eigenvalue weighted by Crippen LogP contribution is -2.20. The summed E-state index contributed by atoms with van der Waals surface area (Å²) in [5, 5.41) is 8.03. The van der Waals surface area contributed by atoms with E-state index in [1.807, 2.05) is 62.4 Å². The van der Waals surface area contributed by atoms with E-state index >= 15 is 0 Å². The number of hydrogen-bond acceptors (Lipinski definition) is 6. The summed E-state index contributed by atoms with van der Waals surface area (Å²) in [5.41, 5.74) is 10.4. The van der Waals surface area contributed by atoms with Gasteiger partial charge in [-0.1, -0.05) is 55.0 Å². The van der Waals surface area contributed by atoms with Crippen molar-refractivity contribution < 1.29 is 19.1 Å². The second-order valence-corrected chi connectivity index (χ2v) is 10.4. The van der Waals surface area contributed by atoms with Crippen molar-refractivity contribution in [3.63, 3.8) is 0 Å². The highest BCUT2D eigenvalue weighted by Gasteiger charge is 2.15. The van der Waals surface area contributed by atoms with Crippen LogP contribution in [0.5, 0.6) is 11.5 Å². The molecule has 5 aromatic rings. The van der Waals surface area contributed by atoms with Gasteiger partial charge in [-0.25, -0.2) is 10.4 Å². The summed E-state index contributed by atoms with van der Waals surface area (Å²) in [6, 6.07) is 28.1. The van der Waals surface area contributed by atoms with Crippen LogP contribution in [0.2, 0.25) is 0 Å². The van der Waals surface area contributed by atoms with Crippen LogP contribution in [0.25, 0.3) is 22.2 Å². The number of benzene rings is 4. The molecule has 1 aromatic heterocycles. The monoisotopic (exact) mass is 586 g/mol. The van der Waals surface area contributed by atoms with E-state index in [2.05, 4.69) is 34.9 Å². The van der Waals surface area contributed by atoms with Crippen molar-refractivity contribution in [1.29, 1.82) is 0 Å². The molecular weight excluding hydrogens is 552 g/mol. The van der Waals surface area contributed by atoms with Crippen LogP contribution in [0.3, 0.4) is 0 Å². The van der Waals surface area contributed by atoms with Crippen LogP contribution in [0.1, 0.15) is 51.3 Å². The number of nitrogens with zero attached hydrogens (tertiary/aromatic N) is 2. The van der Waals surface area contributed by atoms with Gasteiger partial charge in [0, 0.05) is 22.2 Å². The molecule has 8 nitrogen and oxygen atoms in total. The maximum atomic E-state index is 13.5. The molecule has 0 saturated carbocycles. The Labute approximate surface area is 256 Å². The molecule has 0 aliphatic heterocycles. The molecule has 1 heterocycles. The van der Waals surface area contributed by atoms with Crippen molar-refractivity contribution in [2.45, 2.75) is 27.2 Å². The molecular formula is C36H34N4O4. The summed E-state index contributed by atoms with van der Waals surface area (Å²) in [6.45, 7) is 5.92. The van der Waals surface area contributed by atoms with E-state index in [9.17, 15) is 9.59 Å². The number of aromatic nitrogens is 1. The van der Waals surface area contributed by atoms with Crippen LogP contribution < -0.4 is 20.2 Å². The fourth-order valence-corrected chi connectivity index (χ4v) is 4.82. The van der Waals surface area contributed by atoms with Gasteiger partial charge in [-0.05, 0) is 79.9 Å². The molecule has 2 amide bonds. The molecule has 0 bridgehead atoms. The summed E-state index contributed by atoms with van der Waals surface area (Å²) in [4.78, 5) is 31.1. The molecule has 5 rings (SSSR count). The Morgan fingerprint density at radius 3 is 2.18 bits per heavy atom. The van der Waals surface area contributed by atoms with E-state index in [0.29, 0.717) is 34.0 Å². The minimum atomic E-state index is -0.326. The van der Waals surface area contributed by atoms with Gasteiger partial charge in [-0.15, -0.1) is 0 Å². The summed E-state index contributed by atoms with van der Waals surface area (Å²) >= 11 is 0. The number of hydrazone groups is 1.